The largest absolute Gasteiger partial charge is 0.360 e. The maximum absolute atomic E-state index is 12.2. The summed E-state index contributed by atoms with van der Waals surface area (Å²) in [4.78, 5) is 15.4. The van der Waals surface area contributed by atoms with Gasteiger partial charge in [0.05, 0.1) is 6.04 Å². The summed E-state index contributed by atoms with van der Waals surface area (Å²) >= 11 is 2.26. The summed E-state index contributed by atoms with van der Waals surface area (Å²) < 4.78 is 1.16. The molecule has 3 nitrogen and oxygen atoms in total. The number of carbonyl (C=O) groups is 1. The van der Waals surface area contributed by atoms with Gasteiger partial charge in [0.2, 0.25) is 0 Å². The molecule has 0 fully saturated rings. The Labute approximate surface area is 114 Å². The van der Waals surface area contributed by atoms with Crippen LogP contribution in [0.4, 0.5) is 0 Å². The third-order valence-electron chi connectivity index (χ3n) is 2.81. The van der Waals surface area contributed by atoms with E-state index in [2.05, 4.69) is 32.9 Å². The SMILES string of the molecule is CCNC(C)C(=O)c1c[nH]c2cc(I)ccc12. The fourth-order valence-corrected chi connectivity index (χ4v) is 2.43. The molecular weight excluding hydrogens is 327 g/mol. The molecule has 1 aromatic carbocycles. The summed E-state index contributed by atoms with van der Waals surface area (Å²) in [5.74, 6) is 0.138. The van der Waals surface area contributed by atoms with Gasteiger partial charge in [-0.05, 0) is 48.2 Å². The summed E-state index contributed by atoms with van der Waals surface area (Å²) in [6, 6.07) is 5.92. The molecule has 0 amide bonds. The highest BCUT2D eigenvalue weighted by atomic mass is 127. The minimum absolute atomic E-state index is 0.138. The lowest BCUT2D eigenvalue weighted by atomic mass is 10.0. The Kier molecular flexibility index (Phi) is 3.83. The van der Waals surface area contributed by atoms with Gasteiger partial charge in [0.1, 0.15) is 0 Å². The van der Waals surface area contributed by atoms with Crippen LogP contribution in [-0.2, 0) is 0 Å². The monoisotopic (exact) mass is 342 g/mol. The number of ketones is 1. The van der Waals surface area contributed by atoms with Gasteiger partial charge in [-0.15, -0.1) is 0 Å². The van der Waals surface area contributed by atoms with E-state index in [0.29, 0.717) is 0 Å². The number of rotatable bonds is 4. The summed E-state index contributed by atoms with van der Waals surface area (Å²) in [7, 11) is 0. The molecule has 0 bridgehead atoms. The molecule has 0 aliphatic carbocycles. The number of aromatic nitrogens is 1. The Morgan fingerprint density at radius 2 is 2.29 bits per heavy atom. The van der Waals surface area contributed by atoms with E-state index in [9.17, 15) is 4.79 Å². The van der Waals surface area contributed by atoms with E-state index in [1.807, 2.05) is 32.0 Å². The Balaban J connectivity index is 2.39. The van der Waals surface area contributed by atoms with Crippen molar-refractivity contribution < 1.29 is 4.79 Å². The number of H-pyrrole nitrogens is 1. The first-order chi connectivity index (χ1) is 8.13. The number of hydrogen-bond acceptors (Lipinski definition) is 2. The van der Waals surface area contributed by atoms with Crippen molar-refractivity contribution in [3.63, 3.8) is 0 Å². The number of likely N-dealkylation sites (N-methyl/N-ethyl adjacent to an activating group) is 1. The zero-order valence-electron chi connectivity index (χ0n) is 9.88. The standard InChI is InChI=1S/C13H15IN2O/c1-3-15-8(2)13(17)11-7-16-12-6-9(14)4-5-10(11)12/h4-8,15-16H,3H2,1-2H3. The van der Waals surface area contributed by atoms with Crippen molar-refractivity contribution in [2.24, 2.45) is 0 Å². The van der Waals surface area contributed by atoms with Crippen LogP contribution in [0, 0.1) is 3.57 Å². The van der Waals surface area contributed by atoms with Crippen LogP contribution < -0.4 is 5.32 Å². The molecule has 0 spiro atoms. The van der Waals surface area contributed by atoms with Crippen LogP contribution in [0.3, 0.4) is 0 Å². The third-order valence-corrected chi connectivity index (χ3v) is 3.48. The Bertz CT molecular complexity index is 547. The maximum Gasteiger partial charge on any atom is 0.181 e. The third kappa shape index (κ3) is 2.52. The predicted molar refractivity (Wildman–Crippen MR) is 78.5 cm³/mol. The van der Waals surface area contributed by atoms with Gasteiger partial charge < -0.3 is 10.3 Å². The molecule has 0 aliphatic rings. The lowest BCUT2D eigenvalue weighted by Crippen LogP contribution is -2.33. The van der Waals surface area contributed by atoms with Crippen LogP contribution >= 0.6 is 22.6 Å². The maximum atomic E-state index is 12.2. The van der Waals surface area contributed by atoms with Crippen molar-refractivity contribution >= 4 is 39.3 Å². The fourth-order valence-electron chi connectivity index (χ4n) is 1.93. The first kappa shape index (κ1) is 12.6. The molecule has 90 valence electrons. The Hall–Kier alpha value is -0.880. The Morgan fingerprint density at radius 3 is 3.00 bits per heavy atom. The van der Waals surface area contributed by atoms with Gasteiger partial charge >= 0.3 is 0 Å². The van der Waals surface area contributed by atoms with Crippen molar-refractivity contribution in [1.82, 2.24) is 10.3 Å². The number of carbonyl (C=O) groups excluding carboxylic acids is 1. The van der Waals surface area contributed by atoms with E-state index in [1.165, 1.54) is 0 Å². The average Bonchev–Trinajstić information content (AvgIpc) is 2.71. The highest BCUT2D eigenvalue weighted by Crippen LogP contribution is 2.21. The molecule has 1 aromatic heterocycles. The summed E-state index contributed by atoms with van der Waals surface area (Å²) in [5, 5.41) is 4.14. The quantitative estimate of drug-likeness (QED) is 0.663. The molecule has 0 aliphatic heterocycles. The molecule has 4 heteroatoms. The molecular formula is C13H15IN2O. The van der Waals surface area contributed by atoms with Gasteiger partial charge in [-0.1, -0.05) is 13.0 Å². The van der Waals surface area contributed by atoms with Crippen LogP contribution in [0.25, 0.3) is 10.9 Å². The van der Waals surface area contributed by atoms with Crippen molar-refractivity contribution in [2.45, 2.75) is 19.9 Å². The normalized spacial score (nSPS) is 12.9. The summed E-state index contributed by atoms with van der Waals surface area (Å²) in [6.07, 6.45) is 1.80. The number of hydrogen-bond donors (Lipinski definition) is 2. The lowest BCUT2D eigenvalue weighted by Gasteiger charge is -2.09. The van der Waals surface area contributed by atoms with Crippen LogP contribution in [0.5, 0.6) is 0 Å². The molecule has 0 radical (unpaired) electrons. The van der Waals surface area contributed by atoms with Gasteiger partial charge in [0.15, 0.2) is 5.78 Å². The van der Waals surface area contributed by atoms with Gasteiger partial charge in [0, 0.05) is 26.2 Å². The molecule has 1 atom stereocenters. The van der Waals surface area contributed by atoms with Gasteiger partial charge in [-0.3, -0.25) is 4.79 Å². The number of fused-ring (bicyclic) bond motifs is 1. The minimum Gasteiger partial charge on any atom is -0.360 e. The van der Waals surface area contributed by atoms with E-state index in [-0.39, 0.29) is 11.8 Å². The first-order valence-corrected chi connectivity index (χ1v) is 6.75. The van der Waals surface area contributed by atoms with Crippen molar-refractivity contribution in [2.75, 3.05) is 6.54 Å². The first-order valence-electron chi connectivity index (χ1n) is 5.67. The average molecular weight is 342 g/mol. The van der Waals surface area contributed by atoms with Crippen molar-refractivity contribution in [1.29, 1.82) is 0 Å². The Morgan fingerprint density at radius 1 is 1.53 bits per heavy atom. The number of Topliss-reactive ketones (excluding diaryl/α,β-unsaturated/α-hetero) is 1. The summed E-state index contributed by atoms with van der Waals surface area (Å²) in [5.41, 5.74) is 1.79. The van der Waals surface area contributed by atoms with Gasteiger partial charge in [0.25, 0.3) is 0 Å². The van der Waals surface area contributed by atoms with Crippen LogP contribution in [0.2, 0.25) is 0 Å². The highest BCUT2D eigenvalue weighted by Gasteiger charge is 2.17. The minimum atomic E-state index is -0.140. The smallest absolute Gasteiger partial charge is 0.181 e. The topological polar surface area (TPSA) is 44.9 Å². The number of benzene rings is 1. The highest BCUT2D eigenvalue weighted by molar-refractivity contribution is 14.1. The molecule has 0 saturated carbocycles. The number of nitrogens with one attached hydrogen (secondary N) is 2. The van der Waals surface area contributed by atoms with E-state index in [1.54, 1.807) is 6.20 Å². The molecule has 1 unspecified atom stereocenters. The molecule has 2 rings (SSSR count). The van der Waals surface area contributed by atoms with Crippen LogP contribution in [0.15, 0.2) is 24.4 Å². The number of aromatic amines is 1. The second kappa shape index (κ2) is 5.18. The zero-order chi connectivity index (χ0) is 12.4. The van der Waals surface area contributed by atoms with E-state index >= 15 is 0 Å². The molecule has 1 heterocycles. The number of halogens is 1. The van der Waals surface area contributed by atoms with Gasteiger partial charge in [-0.2, -0.15) is 0 Å². The van der Waals surface area contributed by atoms with E-state index in [0.717, 1.165) is 26.6 Å². The van der Waals surface area contributed by atoms with E-state index < -0.39 is 0 Å². The lowest BCUT2D eigenvalue weighted by molar-refractivity contribution is 0.0953. The molecule has 2 N–H and O–H groups in total. The molecule has 17 heavy (non-hydrogen) atoms. The summed E-state index contributed by atoms with van der Waals surface area (Å²) in [6.45, 7) is 4.70. The second-order valence-corrected chi connectivity index (χ2v) is 5.28. The van der Waals surface area contributed by atoms with Crippen LogP contribution in [-0.4, -0.2) is 23.4 Å². The van der Waals surface area contributed by atoms with Crippen molar-refractivity contribution in [3.8, 4) is 0 Å². The van der Waals surface area contributed by atoms with E-state index in [4.69, 9.17) is 0 Å². The molecule has 0 saturated heterocycles. The van der Waals surface area contributed by atoms with Gasteiger partial charge in [-0.25, -0.2) is 0 Å². The van der Waals surface area contributed by atoms with Crippen molar-refractivity contribution in [3.05, 3.63) is 33.5 Å². The van der Waals surface area contributed by atoms with Crippen LogP contribution in [0.1, 0.15) is 24.2 Å². The molecule has 2 aromatic rings. The zero-order valence-corrected chi connectivity index (χ0v) is 12.0. The predicted octanol–water partition coefficient (Wildman–Crippen LogP) is 2.95. The second-order valence-electron chi connectivity index (χ2n) is 4.04. The fraction of sp³-hybridized carbons (Fsp3) is 0.308.